The average Bonchev–Trinajstić information content (AvgIpc) is 3.43. The Morgan fingerprint density at radius 1 is 1.07 bits per heavy atom. The summed E-state index contributed by atoms with van der Waals surface area (Å²) in [7, 11) is -1.57. The van der Waals surface area contributed by atoms with Gasteiger partial charge < -0.3 is 9.32 Å². The summed E-state index contributed by atoms with van der Waals surface area (Å²) in [5.74, 6) is 2.69. The number of aliphatic imine (C=N–C) groups is 1. The molecule has 208 valence electrons. The van der Waals surface area contributed by atoms with Gasteiger partial charge in [0.15, 0.2) is 0 Å². The second-order valence-electron chi connectivity index (χ2n) is 10.3. The van der Waals surface area contributed by atoms with Crippen molar-refractivity contribution >= 4 is 27.4 Å². The van der Waals surface area contributed by atoms with Crippen LogP contribution in [0, 0.1) is 11.8 Å². The summed E-state index contributed by atoms with van der Waals surface area (Å²) in [5.41, 5.74) is 3.38. The van der Waals surface area contributed by atoms with Gasteiger partial charge in [-0.25, -0.2) is 13.4 Å². The van der Waals surface area contributed by atoms with Crippen LogP contribution in [0.25, 0.3) is 11.5 Å². The Hall–Kier alpha value is -4.05. The van der Waals surface area contributed by atoms with Gasteiger partial charge in [-0.05, 0) is 44.2 Å². The van der Waals surface area contributed by atoms with E-state index in [9.17, 15) is 8.42 Å². The Bertz CT molecular complexity index is 1550. The molecule has 1 fully saturated rings. The zero-order valence-corrected chi connectivity index (χ0v) is 24.0. The summed E-state index contributed by atoms with van der Waals surface area (Å²) >= 11 is 0. The Labute approximate surface area is 235 Å². The fourth-order valence-corrected chi connectivity index (χ4v) is 5.06. The monoisotopic (exact) mass is 558 g/mol. The first-order valence-corrected chi connectivity index (χ1v) is 15.1. The molecule has 2 heterocycles. The van der Waals surface area contributed by atoms with Crippen molar-refractivity contribution in [2.24, 2.45) is 16.8 Å². The minimum atomic E-state index is -3.52. The minimum Gasteiger partial charge on any atom is -0.418 e. The number of benzene rings is 2. The van der Waals surface area contributed by atoms with Crippen molar-refractivity contribution in [2.75, 3.05) is 29.0 Å². The first-order chi connectivity index (χ1) is 19.2. The SMILES string of the molecule is CCS(=O)(=O)Nc1cc(-c2nnc(C(C)N=C(c3ccccc3)c3ccccc3)o2)cc(N(C)CC2CC2C)n1. The molecule has 0 saturated heterocycles. The zero-order valence-electron chi connectivity index (χ0n) is 23.2. The van der Waals surface area contributed by atoms with E-state index >= 15 is 0 Å². The number of sulfonamides is 1. The van der Waals surface area contributed by atoms with Gasteiger partial charge in [0.1, 0.15) is 17.7 Å². The molecule has 0 amide bonds. The van der Waals surface area contributed by atoms with E-state index in [0.29, 0.717) is 29.1 Å². The summed E-state index contributed by atoms with van der Waals surface area (Å²) in [4.78, 5) is 11.6. The quantitative estimate of drug-likeness (QED) is 0.239. The molecule has 9 nitrogen and oxygen atoms in total. The third-order valence-corrected chi connectivity index (χ3v) is 8.37. The third-order valence-electron chi connectivity index (χ3n) is 7.09. The molecule has 1 aliphatic rings. The normalized spacial score (nSPS) is 17.2. The molecule has 40 heavy (non-hydrogen) atoms. The number of rotatable bonds is 11. The molecule has 3 unspecified atom stereocenters. The summed E-state index contributed by atoms with van der Waals surface area (Å²) in [6, 6.07) is 23.0. The summed E-state index contributed by atoms with van der Waals surface area (Å²) in [6.45, 7) is 6.56. The van der Waals surface area contributed by atoms with Crippen LogP contribution in [0.3, 0.4) is 0 Å². The molecular formula is C30H34N6O3S. The number of nitrogens with one attached hydrogen (secondary N) is 1. The van der Waals surface area contributed by atoms with Crippen LogP contribution in [0.4, 0.5) is 11.6 Å². The number of nitrogens with zero attached hydrogens (tertiary/aromatic N) is 5. The highest BCUT2D eigenvalue weighted by Crippen LogP contribution is 2.39. The van der Waals surface area contributed by atoms with Crippen LogP contribution in [0.2, 0.25) is 0 Å². The predicted molar refractivity (Wildman–Crippen MR) is 158 cm³/mol. The van der Waals surface area contributed by atoms with Gasteiger partial charge in [0.2, 0.25) is 21.8 Å². The highest BCUT2D eigenvalue weighted by molar-refractivity contribution is 7.92. The van der Waals surface area contributed by atoms with Gasteiger partial charge in [0, 0.05) is 30.3 Å². The average molecular weight is 559 g/mol. The number of pyridine rings is 1. The van der Waals surface area contributed by atoms with Crippen molar-refractivity contribution in [2.45, 2.75) is 33.2 Å². The minimum absolute atomic E-state index is 0.0605. The highest BCUT2D eigenvalue weighted by atomic mass is 32.2. The number of hydrogen-bond donors (Lipinski definition) is 1. The number of aromatic nitrogens is 3. The Morgan fingerprint density at radius 2 is 1.70 bits per heavy atom. The van der Waals surface area contributed by atoms with Gasteiger partial charge >= 0.3 is 0 Å². The summed E-state index contributed by atoms with van der Waals surface area (Å²) in [6.07, 6.45) is 1.18. The van der Waals surface area contributed by atoms with Crippen LogP contribution in [0.1, 0.15) is 50.3 Å². The lowest BCUT2D eigenvalue weighted by atomic mass is 10.0. The van der Waals surface area contributed by atoms with E-state index in [2.05, 4.69) is 26.8 Å². The van der Waals surface area contributed by atoms with Crippen LogP contribution in [-0.2, 0) is 10.0 Å². The van der Waals surface area contributed by atoms with E-state index in [1.807, 2.05) is 85.6 Å². The molecule has 3 atom stereocenters. The standard InChI is InChI=1S/C30H34N6O3S/c1-5-40(37,38)35-26-17-24(18-27(32-26)36(4)19-25-16-20(25)2)30-34-33-29(39-30)21(3)31-28(22-12-8-6-9-13-22)23-14-10-7-11-15-23/h6-15,17-18,20-21,25H,5,16,19H2,1-4H3,(H,32,35). The van der Waals surface area contributed by atoms with Crippen LogP contribution < -0.4 is 9.62 Å². The second kappa shape index (κ2) is 11.6. The van der Waals surface area contributed by atoms with Gasteiger partial charge in [-0.3, -0.25) is 9.71 Å². The molecule has 1 saturated carbocycles. The molecule has 10 heteroatoms. The van der Waals surface area contributed by atoms with Crippen molar-refractivity contribution in [1.29, 1.82) is 0 Å². The lowest BCUT2D eigenvalue weighted by Gasteiger charge is -2.20. The molecule has 2 aromatic heterocycles. The maximum atomic E-state index is 12.3. The Morgan fingerprint density at radius 3 is 2.27 bits per heavy atom. The van der Waals surface area contributed by atoms with Crippen LogP contribution >= 0.6 is 0 Å². The first-order valence-electron chi connectivity index (χ1n) is 13.5. The second-order valence-corrected chi connectivity index (χ2v) is 12.3. The summed E-state index contributed by atoms with van der Waals surface area (Å²) < 4.78 is 33.3. The van der Waals surface area contributed by atoms with Crippen molar-refractivity contribution in [3.8, 4) is 11.5 Å². The number of anilines is 2. The molecule has 2 aromatic carbocycles. The van der Waals surface area contributed by atoms with Gasteiger partial charge in [-0.2, -0.15) is 0 Å². The first kappa shape index (κ1) is 27.5. The van der Waals surface area contributed by atoms with E-state index in [1.54, 1.807) is 13.0 Å². The lowest BCUT2D eigenvalue weighted by molar-refractivity contribution is 0.474. The molecule has 4 aromatic rings. The van der Waals surface area contributed by atoms with E-state index < -0.39 is 16.1 Å². The topological polar surface area (TPSA) is 114 Å². The lowest BCUT2D eigenvalue weighted by Crippen LogP contribution is -2.23. The van der Waals surface area contributed by atoms with Crippen molar-refractivity contribution < 1.29 is 12.8 Å². The van der Waals surface area contributed by atoms with Gasteiger partial charge in [-0.15, -0.1) is 10.2 Å². The molecule has 0 bridgehead atoms. The highest BCUT2D eigenvalue weighted by Gasteiger charge is 2.33. The molecule has 5 rings (SSSR count). The molecule has 0 spiro atoms. The van der Waals surface area contributed by atoms with E-state index in [1.165, 1.54) is 6.42 Å². The molecule has 0 radical (unpaired) electrons. The summed E-state index contributed by atoms with van der Waals surface area (Å²) in [5, 5.41) is 8.59. The molecular weight excluding hydrogens is 524 g/mol. The fraction of sp³-hybridized carbons (Fsp3) is 0.333. The fourth-order valence-electron chi connectivity index (χ4n) is 4.49. The van der Waals surface area contributed by atoms with Crippen molar-refractivity contribution in [1.82, 2.24) is 15.2 Å². The maximum Gasteiger partial charge on any atom is 0.248 e. The van der Waals surface area contributed by atoms with Crippen LogP contribution in [0.5, 0.6) is 0 Å². The molecule has 1 N–H and O–H groups in total. The zero-order chi connectivity index (χ0) is 28.3. The predicted octanol–water partition coefficient (Wildman–Crippen LogP) is 5.58. The van der Waals surface area contributed by atoms with Gasteiger partial charge in [-0.1, -0.05) is 67.6 Å². The Kier molecular flexibility index (Phi) is 7.97. The van der Waals surface area contributed by atoms with Crippen molar-refractivity contribution in [3.05, 3.63) is 89.8 Å². The molecule has 0 aliphatic heterocycles. The van der Waals surface area contributed by atoms with E-state index in [0.717, 1.165) is 23.4 Å². The smallest absolute Gasteiger partial charge is 0.248 e. The Balaban J connectivity index is 1.47. The molecule has 1 aliphatic carbocycles. The van der Waals surface area contributed by atoms with Crippen molar-refractivity contribution in [3.63, 3.8) is 0 Å². The van der Waals surface area contributed by atoms with E-state index in [-0.39, 0.29) is 17.5 Å². The van der Waals surface area contributed by atoms with Gasteiger partial charge in [0.25, 0.3) is 0 Å². The third kappa shape index (κ3) is 6.56. The van der Waals surface area contributed by atoms with Crippen LogP contribution in [0.15, 0.2) is 82.2 Å². The number of hydrogen-bond acceptors (Lipinski definition) is 8. The largest absolute Gasteiger partial charge is 0.418 e. The van der Waals surface area contributed by atoms with E-state index in [4.69, 9.17) is 9.41 Å². The van der Waals surface area contributed by atoms with Crippen LogP contribution in [-0.4, -0.2) is 48.7 Å². The van der Waals surface area contributed by atoms with Gasteiger partial charge in [0.05, 0.1) is 11.5 Å². The maximum absolute atomic E-state index is 12.3.